The minimum atomic E-state index is -0.431. The number of rotatable bonds is 6. The zero-order valence-corrected chi connectivity index (χ0v) is 15.8. The molecule has 0 atom stereocenters. The first-order valence-corrected chi connectivity index (χ1v) is 7.47. The second kappa shape index (κ2) is 10.9. The summed E-state index contributed by atoms with van der Waals surface area (Å²) < 4.78 is 26.6. The lowest BCUT2D eigenvalue weighted by Crippen LogP contribution is -2.39. The summed E-state index contributed by atoms with van der Waals surface area (Å²) in [5.74, 6) is -0.205. The van der Waals surface area contributed by atoms with E-state index >= 15 is 0 Å². The van der Waals surface area contributed by atoms with Gasteiger partial charge in [0.25, 0.3) is 0 Å². The number of benzene rings is 1. The molecule has 1 aromatic carbocycles. The van der Waals surface area contributed by atoms with E-state index in [1.165, 1.54) is 6.07 Å². The maximum atomic E-state index is 13.5. The number of pyridine rings is 1. The zero-order chi connectivity index (χ0) is 16.5. The number of aromatic nitrogens is 1. The number of guanidine groups is 1. The molecule has 4 nitrogen and oxygen atoms in total. The molecule has 7 heteroatoms. The van der Waals surface area contributed by atoms with E-state index in [9.17, 15) is 8.78 Å². The van der Waals surface area contributed by atoms with Gasteiger partial charge in [-0.1, -0.05) is 6.07 Å². The van der Waals surface area contributed by atoms with Gasteiger partial charge in [0, 0.05) is 38.4 Å². The molecule has 0 saturated heterocycles. The Morgan fingerprint density at radius 2 is 1.83 bits per heavy atom. The second-order valence-corrected chi connectivity index (χ2v) is 4.98. The molecule has 0 aliphatic carbocycles. The molecule has 2 rings (SSSR count). The number of halogens is 3. The first-order chi connectivity index (χ1) is 11.2. The number of hydrogen-bond acceptors (Lipinski definition) is 2. The highest BCUT2D eigenvalue weighted by atomic mass is 127. The lowest BCUT2D eigenvalue weighted by molar-refractivity contribution is 0.583. The Hall–Kier alpha value is -1.77. The van der Waals surface area contributed by atoms with Crippen molar-refractivity contribution in [2.75, 3.05) is 20.1 Å². The Balaban J connectivity index is 0.00000288. The molecule has 2 N–H and O–H groups in total. The monoisotopic (exact) mass is 446 g/mol. The zero-order valence-electron chi connectivity index (χ0n) is 13.4. The SMILES string of the molecule is CN=C(NCCc1ccccn1)NCCc1cc(F)ccc1F.I. The molecule has 0 aliphatic heterocycles. The quantitative estimate of drug-likeness (QED) is 0.408. The molecule has 0 fully saturated rings. The topological polar surface area (TPSA) is 49.3 Å². The molecule has 0 aliphatic rings. The van der Waals surface area contributed by atoms with Gasteiger partial charge in [-0.25, -0.2) is 8.78 Å². The third-order valence-corrected chi connectivity index (χ3v) is 3.32. The van der Waals surface area contributed by atoms with Gasteiger partial charge in [-0.2, -0.15) is 0 Å². The number of aliphatic imine (C=N–C) groups is 1. The molecule has 2 aromatic rings. The van der Waals surface area contributed by atoms with Crippen LogP contribution in [0.1, 0.15) is 11.3 Å². The maximum absolute atomic E-state index is 13.5. The van der Waals surface area contributed by atoms with Gasteiger partial charge in [-0.15, -0.1) is 24.0 Å². The fourth-order valence-corrected chi connectivity index (χ4v) is 2.13. The minimum absolute atomic E-state index is 0. The van der Waals surface area contributed by atoms with Crippen LogP contribution < -0.4 is 10.6 Å². The fraction of sp³-hybridized carbons (Fsp3) is 0.294. The summed E-state index contributed by atoms with van der Waals surface area (Å²) in [5.41, 5.74) is 1.35. The van der Waals surface area contributed by atoms with Crippen molar-refractivity contribution < 1.29 is 8.78 Å². The van der Waals surface area contributed by atoms with Crippen LogP contribution in [0.15, 0.2) is 47.6 Å². The molecule has 0 unspecified atom stereocenters. The second-order valence-electron chi connectivity index (χ2n) is 4.98. The Morgan fingerprint density at radius 1 is 1.08 bits per heavy atom. The van der Waals surface area contributed by atoms with Crippen molar-refractivity contribution in [3.05, 3.63) is 65.5 Å². The van der Waals surface area contributed by atoms with Crippen LogP contribution in [-0.2, 0) is 12.8 Å². The van der Waals surface area contributed by atoms with Gasteiger partial charge >= 0.3 is 0 Å². The summed E-state index contributed by atoms with van der Waals surface area (Å²) in [4.78, 5) is 8.34. The van der Waals surface area contributed by atoms with E-state index in [2.05, 4.69) is 20.6 Å². The Morgan fingerprint density at radius 3 is 2.50 bits per heavy atom. The molecule has 0 spiro atoms. The number of nitrogens with zero attached hydrogens (tertiary/aromatic N) is 2. The molecule has 24 heavy (non-hydrogen) atoms. The van der Waals surface area contributed by atoms with Gasteiger partial charge in [0.1, 0.15) is 11.6 Å². The van der Waals surface area contributed by atoms with Crippen molar-refractivity contribution >= 4 is 29.9 Å². The van der Waals surface area contributed by atoms with Gasteiger partial charge in [0.05, 0.1) is 0 Å². The van der Waals surface area contributed by atoms with Crippen LogP contribution in [0.2, 0.25) is 0 Å². The lowest BCUT2D eigenvalue weighted by atomic mass is 10.1. The van der Waals surface area contributed by atoms with E-state index in [1.807, 2.05) is 18.2 Å². The third-order valence-electron chi connectivity index (χ3n) is 3.32. The predicted octanol–water partition coefficient (Wildman–Crippen LogP) is 2.93. The Kier molecular flexibility index (Phi) is 9.21. The lowest BCUT2D eigenvalue weighted by Gasteiger charge is -2.12. The summed E-state index contributed by atoms with van der Waals surface area (Å²) in [6.45, 7) is 1.15. The highest BCUT2D eigenvalue weighted by molar-refractivity contribution is 14.0. The molecule has 0 amide bonds. The molecule has 0 bridgehead atoms. The molecule has 0 radical (unpaired) electrons. The van der Waals surface area contributed by atoms with Crippen molar-refractivity contribution in [3.63, 3.8) is 0 Å². The van der Waals surface area contributed by atoms with Gasteiger partial charge in [0.2, 0.25) is 0 Å². The fourth-order valence-electron chi connectivity index (χ4n) is 2.13. The van der Waals surface area contributed by atoms with Crippen molar-refractivity contribution in [3.8, 4) is 0 Å². The predicted molar refractivity (Wildman–Crippen MR) is 103 cm³/mol. The summed E-state index contributed by atoms with van der Waals surface area (Å²) in [5, 5.41) is 6.24. The Bertz CT molecular complexity index is 650. The highest BCUT2D eigenvalue weighted by Crippen LogP contribution is 2.09. The highest BCUT2D eigenvalue weighted by Gasteiger charge is 2.04. The Labute approximate surface area is 157 Å². The molecular formula is C17H21F2IN4. The van der Waals surface area contributed by atoms with Crippen LogP contribution in [0.3, 0.4) is 0 Å². The van der Waals surface area contributed by atoms with Gasteiger partial charge < -0.3 is 10.6 Å². The molecular weight excluding hydrogens is 425 g/mol. The van der Waals surface area contributed by atoms with Crippen molar-refractivity contribution in [1.82, 2.24) is 15.6 Å². The largest absolute Gasteiger partial charge is 0.356 e. The summed E-state index contributed by atoms with van der Waals surface area (Å²) >= 11 is 0. The molecule has 1 heterocycles. The van der Waals surface area contributed by atoms with Crippen LogP contribution in [0.25, 0.3) is 0 Å². The van der Waals surface area contributed by atoms with Crippen molar-refractivity contribution in [2.45, 2.75) is 12.8 Å². The third kappa shape index (κ3) is 6.77. The van der Waals surface area contributed by atoms with Crippen molar-refractivity contribution in [1.29, 1.82) is 0 Å². The molecule has 130 valence electrons. The molecule has 1 aromatic heterocycles. The van der Waals surface area contributed by atoms with Gasteiger partial charge in [0.15, 0.2) is 5.96 Å². The van der Waals surface area contributed by atoms with Crippen molar-refractivity contribution in [2.24, 2.45) is 4.99 Å². The van der Waals surface area contributed by atoms with Crippen LogP contribution in [-0.4, -0.2) is 31.1 Å². The first kappa shape index (κ1) is 20.3. The summed E-state index contributed by atoms with van der Waals surface area (Å²) in [7, 11) is 1.67. The van der Waals surface area contributed by atoms with Crippen LogP contribution in [0.5, 0.6) is 0 Å². The summed E-state index contributed by atoms with van der Waals surface area (Å²) in [6.07, 6.45) is 2.92. The van der Waals surface area contributed by atoms with Crippen LogP contribution in [0, 0.1) is 11.6 Å². The van der Waals surface area contributed by atoms with E-state index in [4.69, 9.17) is 0 Å². The van der Waals surface area contributed by atoms with E-state index in [0.717, 1.165) is 24.2 Å². The van der Waals surface area contributed by atoms with Gasteiger partial charge in [-0.05, 0) is 42.3 Å². The number of nitrogens with one attached hydrogen (secondary N) is 2. The van der Waals surface area contributed by atoms with E-state index in [1.54, 1.807) is 13.2 Å². The number of hydrogen-bond donors (Lipinski definition) is 2. The van der Waals surface area contributed by atoms with Crippen LogP contribution in [0.4, 0.5) is 8.78 Å². The minimum Gasteiger partial charge on any atom is -0.356 e. The smallest absolute Gasteiger partial charge is 0.190 e. The van der Waals surface area contributed by atoms with Gasteiger partial charge in [-0.3, -0.25) is 9.98 Å². The van der Waals surface area contributed by atoms with E-state index < -0.39 is 11.6 Å². The van der Waals surface area contributed by atoms with E-state index in [-0.39, 0.29) is 24.0 Å². The average Bonchev–Trinajstić information content (AvgIpc) is 2.57. The standard InChI is InChI=1S/C17H20F2N4.HI/c1-20-17(23-11-8-15-4-2-3-9-21-15)22-10-7-13-12-14(18)5-6-16(13)19;/h2-6,9,12H,7-8,10-11H2,1H3,(H2,20,22,23);1H. The maximum Gasteiger partial charge on any atom is 0.190 e. The van der Waals surface area contributed by atoms with Crippen LogP contribution >= 0.6 is 24.0 Å². The average molecular weight is 446 g/mol. The normalized spacial score (nSPS) is 10.9. The first-order valence-electron chi connectivity index (χ1n) is 7.47. The summed E-state index contributed by atoms with van der Waals surface area (Å²) in [6, 6.07) is 9.26. The van der Waals surface area contributed by atoms with E-state index in [0.29, 0.717) is 31.0 Å². The molecule has 0 saturated carbocycles.